The summed E-state index contributed by atoms with van der Waals surface area (Å²) in [4.78, 5) is 19.3. The molecule has 1 N–H and O–H groups in total. The summed E-state index contributed by atoms with van der Waals surface area (Å²) in [6.07, 6.45) is 4.52. The first-order chi connectivity index (χ1) is 12.7. The Hall–Kier alpha value is -1.50. The van der Waals surface area contributed by atoms with E-state index >= 15 is 0 Å². The summed E-state index contributed by atoms with van der Waals surface area (Å²) in [7, 11) is 0. The van der Waals surface area contributed by atoms with Gasteiger partial charge in [-0.05, 0) is 37.8 Å². The minimum atomic E-state index is -0.166. The number of rotatable bonds is 5. The molecule has 1 aromatic carbocycles. The monoisotopic (exact) mass is 372 g/mol. The van der Waals surface area contributed by atoms with Crippen molar-refractivity contribution in [3.05, 3.63) is 29.3 Å². The normalized spacial score (nSPS) is 32.5. The molecule has 6 heteroatoms. The molecular formula is C20H24N2O3S. The van der Waals surface area contributed by atoms with Gasteiger partial charge in [-0.3, -0.25) is 4.79 Å². The number of carbonyl (C=O) groups is 1. The maximum atomic E-state index is 12.7. The highest BCUT2D eigenvalue weighted by Crippen LogP contribution is 2.54. The molecule has 0 aliphatic carbocycles. The van der Waals surface area contributed by atoms with E-state index in [2.05, 4.69) is 11.1 Å². The third-order valence-electron chi connectivity index (χ3n) is 6.47. The number of fused-ring (bicyclic) bond motifs is 2. The number of likely N-dealkylation sites (tertiary alicyclic amines) is 1. The molecule has 0 radical (unpaired) electrons. The third-order valence-corrected chi connectivity index (χ3v) is 7.56. The number of hydrogen-bond donors (Lipinski definition) is 1. The minimum Gasteiger partial charge on any atom is -0.396 e. The highest BCUT2D eigenvalue weighted by Gasteiger charge is 2.63. The van der Waals surface area contributed by atoms with Crippen LogP contribution >= 0.6 is 11.3 Å². The van der Waals surface area contributed by atoms with Crippen LogP contribution in [-0.4, -0.2) is 52.3 Å². The molecule has 26 heavy (non-hydrogen) atoms. The highest BCUT2D eigenvalue weighted by atomic mass is 32.1. The summed E-state index contributed by atoms with van der Waals surface area (Å²) in [5, 5.41) is 10.8. The molecule has 4 atom stereocenters. The van der Waals surface area contributed by atoms with Crippen molar-refractivity contribution in [1.29, 1.82) is 0 Å². The van der Waals surface area contributed by atoms with E-state index in [0.717, 1.165) is 42.8 Å². The molecule has 0 unspecified atom stereocenters. The first kappa shape index (κ1) is 16.7. The molecule has 2 aromatic rings. The molecule has 1 amide bonds. The Bertz CT molecular complexity index is 804. The van der Waals surface area contributed by atoms with Gasteiger partial charge in [0.25, 0.3) is 0 Å². The lowest BCUT2D eigenvalue weighted by Gasteiger charge is -2.27. The quantitative estimate of drug-likeness (QED) is 0.876. The van der Waals surface area contributed by atoms with Gasteiger partial charge >= 0.3 is 0 Å². The average Bonchev–Trinajstić information content (AvgIpc) is 3.38. The van der Waals surface area contributed by atoms with E-state index in [9.17, 15) is 9.90 Å². The summed E-state index contributed by atoms with van der Waals surface area (Å²) in [5.74, 6) is 0.752. The lowest BCUT2D eigenvalue weighted by atomic mass is 9.74. The van der Waals surface area contributed by atoms with Crippen LogP contribution in [0, 0.1) is 11.8 Å². The van der Waals surface area contributed by atoms with Gasteiger partial charge in [0.2, 0.25) is 5.91 Å². The molecule has 0 saturated carbocycles. The van der Waals surface area contributed by atoms with Crippen molar-refractivity contribution in [2.45, 2.75) is 43.8 Å². The van der Waals surface area contributed by atoms with E-state index < -0.39 is 0 Å². The second-order valence-corrected chi connectivity index (χ2v) is 9.03. The molecule has 138 valence electrons. The predicted molar refractivity (Wildman–Crippen MR) is 100 cm³/mol. The fraction of sp³-hybridized carbons (Fsp3) is 0.600. The zero-order valence-electron chi connectivity index (χ0n) is 14.8. The average molecular weight is 372 g/mol. The van der Waals surface area contributed by atoms with Crippen molar-refractivity contribution in [2.24, 2.45) is 11.8 Å². The number of thiazole rings is 1. The Morgan fingerprint density at radius 1 is 1.42 bits per heavy atom. The van der Waals surface area contributed by atoms with Gasteiger partial charge in [-0.2, -0.15) is 0 Å². The highest BCUT2D eigenvalue weighted by molar-refractivity contribution is 7.18. The summed E-state index contributed by atoms with van der Waals surface area (Å²) in [6, 6.07) is 8.17. The first-order valence-electron chi connectivity index (χ1n) is 9.59. The number of para-hydroxylation sites is 1. The first-order valence-corrected chi connectivity index (χ1v) is 10.4. The fourth-order valence-electron chi connectivity index (χ4n) is 5.20. The zero-order valence-corrected chi connectivity index (χ0v) is 15.6. The van der Waals surface area contributed by atoms with Crippen LogP contribution in [0.25, 0.3) is 10.2 Å². The minimum absolute atomic E-state index is 0.166. The van der Waals surface area contributed by atoms with Crippen LogP contribution in [0.2, 0.25) is 0 Å². The number of carbonyl (C=O) groups excluding carboxylic acids is 1. The van der Waals surface area contributed by atoms with Crippen molar-refractivity contribution in [3.8, 4) is 0 Å². The Labute approximate surface area is 157 Å². The van der Waals surface area contributed by atoms with Crippen LogP contribution in [0.5, 0.6) is 0 Å². The summed E-state index contributed by atoms with van der Waals surface area (Å²) >= 11 is 1.72. The van der Waals surface area contributed by atoms with Gasteiger partial charge in [0.15, 0.2) is 0 Å². The van der Waals surface area contributed by atoms with Crippen molar-refractivity contribution >= 4 is 27.5 Å². The van der Waals surface area contributed by atoms with E-state index in [1.807, 2.05) is 23.1 Å². The number of hydrogen-bond acceptors (Lipinski definition) is 5. The maximum absolute atomic E-state index is 12.7. The Morgan fingerprint density at radius 2 is 2.31 bits per heavy atom. The number of nitrogens with zero attached hydrogens (tertiary/aromatic N) is 2. The van der Waals surface area contributed by atoms with Crippen LogP contribution in [0.4, 0.5) is 0 Å². The predicted octanol–water partition coefficient (Wildman–Crippen LogP) is 2.62. The smallest absolute Gasteiger partial charge is 0.222 e. The van der Waals surface area contributed by atoms with Crippen LogP contribution in [0.1, 0.15) is 30.7 Å². The number of amides is 1. The van der Waals surface area contributed by atoms with Gasteiger partial charge in [-0.25, -0.2) is 4.98 Å². The zero-order chi connectivity index (χ0) is 17.7. The molecule has 5 nitrogen and oxygen atoms in total. The molecule has 5 rings (SSSR count). The number of aryl methyl sites for hydroxylation is 1. The molecule has 1 spiro atoms. The second kappa shape index (κ2) is 6.29. The van der Waals surface area contributed by atoms with Gasteiger partial charge in [-0.15, -0.1) is 11.3 Å². The third kappa shape index (κ3) is 2.58. The van der Waals surface area contributed by atoms with E-state index in [0.29, 0.717) is 18.9 Å². The molecule has 1 aromatic heterocycles. The van der Waals surface area contributed by atoms with Gasteiger partial charge in [0, 0.05) is 31.4 Å². The maximum Gasteiger partial charge on any atom is 0.222 e. The molecule has 2 bridgehead atoms. The fourth-order valence-corrected chi connectivity index (χ4v) is 6.21. The lowest BCUT2D eigenvalue weighted by molar-refractivity contribution is -0.131. The Balaban J connectivity index is 1.18. The van der Waals surface area contributed by atoms with Crippen LogP contribution in [-0.2, 0) is 16.0 Å². The van der Waals surface area contributed by atoms with Crippen molar-refractivity contribution in [2.75, 3.05) is 19.7 Å². The summed E-state index contributed by atoms with van der Waals surface area (Å²) in [5.41, 5.74) is 0.883. The standard InChI is InChI=1S/C20H24N2O3S/c23-11-13-14-10-22(12-20(14)9-8-16(13)25-20)19(24)7-3-6-18-21-15-4-1-2-5-17(15)26-18/h1-2,4-5,13-14,16,23H,3,6-12H2/t13-,14+,16+,20+/m1/s1. The number of benzene rings is 1. The number of aliphatic hydroxyl groups is 1. The molecule has 3 fully saturated rings. The van der Waals surface area contributed by atoms with E-state index in [1.54, 1.807) is 11.3 Å². The number of ether oxygens (including phenoxy) is 1. The van der Waals surface area contributed by atoms with Gasteiger partial charge < -0.3 is 14.7 Å². The van der Waals surface area contributed by atoms with Gasteiger partial charge in [0.05, 0.1) is 33.5 Å². The van der Waals surface area contributed by atoms with Crippen LogP contribution in [0.3, 0.4) is 0 Å². The van der Waals surface area contributed by atoms with E-state index in [4.69, 9.17) is 4.74 Å². The SMILES string of the molecule is O=C(CCCc1nc2ccccc2s1)N1C[C@H]2[C@@H](CO)[C@@H]3CC[C@@]2(C1)O3. The van der Waals surface area contributed by atoms with Crippen molar-refractivity contribution in [1.82, 2.24) is 9.88 Å². The van der Waals surface area contributed by atoms with Crippen LogP contribution < -0.4 is 0 Å². The Kier molecular flexibility index (Phi) is 4.03. The topological polar surface area (TPSA) is 62.7 Å². The Morgan fingerprint density at radius 3 is 3.15 bits per heavy atom. The van der Waals surface area contributed by atoms with E-state index in [1.165, 1.54) is 4.70 Å². The molecule has 3 saturated heterocycles. The van der Waals surface area contributed by atoms with E-state index in [-0.39, 0.29) is 30.1 Å². The molecule has 3 aliphatic rings. The molecule has 4 heterocycles. The number of aromatic nitrogens is 1. The number of aliphatic hydroxyl groups excluding tert-OH is 1. The van der Waals surface area contributed by atoms with Crippen molar-refractivity contribution in [3.63, 3.8) is 0 Å². The van der Waals surface area contributed by atoms with Crippen molar-refractivity contribution < 1.29 is 14.6 Å². The molecule has 3 aliphatic heterocycles. The summed E-state index contributed by atoms with van der Waals surface area (Å²) < 4.78 is 7.42. The summed E-state index contributed by atoms with van der Waals surface area (Å²) in [6.45, 7) is 1.64. The largest absolute Gasteiger partial charge is 0.396 e. The molecular weight excluding hydrogens is 348 g/mol. The van der Waals surface area contributed by atoms with Crippen LogP contribution in [0.15, 0.2) is 24.3 Å². The van der Waals surface area contributed by atoms with Gasteiger partial charge in [0.1, 0.15) is 0 Å². The second-order valence-electron chi connectivity index (χ2n) is 7.92. The van der Waals surface area contributed by atoms with Gasteiger partial charge in [-0.1, -0.05) is 12.1 Å². The lowest BCUT2D eigenvalue weighted by Crippen LogP contribution is -2.38.